The van der Waals surface area contributed by atoms with Gasteiger partial charge in [-0.25, -0.2) is 0 Å². The lowest BCUT2D eigenvalue weighted by atomic mass is 10.1. The van der Waals surface area contributed by atoms with E-state index in [0.717, 1.165) is 12.0 Å². The minimum atomic E-state index is -0.217. The molecule has 4 nitrogen and oxygen atoms in total. The number of thioether (sulfide) groups is 1. The van der Waals surface area contributed by atoms with Crippen LogP contribution in [-0.4, -0.2) is 10.2 Å². The Balaban J connectivity index is 1.96. The second-order valence-corrected chi connectivity index (χ2v) is 6.94. The van der Waals surface area contributed by atoms with Gasteiger partial charge in [0.1, 0.15) is 0 Å². The number of rotatable bonds is 6. The molecule has 0 saturated carbocycles. The van der Waals surface area contributed by atoms with Gasteiger partial charge in [-0.2, -0.15) is 0 Å². The molecule has 0 saturated heterocycles. The summed E-state index contributed by atoms with van der Waals surface area (Å²) in [6.45, 7) is 4.21. The molecule has 0 unspecified atom stereocenters. The summed E-state index contributed by atoms with van der Waals surface area (Å²) in [4.78, 5) is 0. The Morgan fingerprint density at radius 1 is 1.29 bits per heavy atom. The zero-order chi connectivity index (χ0) is 15.4. The molecule has 0 aliphatic rings. The largest absolute Gasteiger partial charge is 0.414 e. The maximum Gasteiger partial charge on any atom is 0.276 e. The molecule has 1 heterocycles. The van der Waals surface area contributed by atoms with Crippen LogP contribution in [0, 0.1) is 5.92 Å². The smallest absolute Gasteiger partial charge is 0.276 e. The van der Waals surface area contributed by atoms with Crippen molar-refractivity contribution < 1.29 is 4.42 Å². The fourth-order valence-corrected chi connectivity index (χ4v) is 3.14. The number of hydrogen-bond donors (Lipinski definition) is 1. The van der Waals surface area contributed by atoms with Crippen LogP contribution in [0.3, 0.4) is 0 Å². The first kappa shape index (κ1) is 16.6. The van der Waals surface area contributed by atoms with Gasteiger partial charge in [-0.15, -0.1) is 10.2 Å². The third-order valence-electron chi connectivity index (χ3n) is 2.83. The first-order valence-electron chi connectivity index (χ1n) is 6.61. The number of benzene rings is 1. The summed E-state index contributed by atoms with van der Waals surface area (Å²) in [7, 11) is 0. The average Bonchev–Trinajstić information content (AvgIpc) is 2.86. The molecule has 2 aromatic rings. The number of nitrogens with two attached hydrogens (primary N) is 1. The lowest BCUT2D eigenvalue weighted by Crippen LogP contribution is -2.13. The molecule has 0 radical (unpaired) electrons. The Labute approximate surface area is 138 Å². The van der Waals surface area contributed by atoms with Crippen molar-refractivity contribution in [3.05, 3.63) is 39.7 Å². The summed E-state index contributed by atoms with van der Waals surface area (Å²) < 4.78 is 5.58. The summed E-state index contributed by atoms with van der Waals surface area (Å²) >= 11 is 13.4. The first-order valence-corrected chi connectivity index (χ1v) is 8.35. The molecule has 1 aromatic heterocycles. The van der Waals surface area contributed by atoms with Crippen LogP contribution in [0.2, 0.25) is 10.0 Å². The van der Waals surface area contributed by atoms with E-state index in [2.05, 4.69) is 24.0 Å². The number of nitrogens with zero attached hydrogens (tertiary/aromatic N) is 2. The van der Waals surface area contributed by atoms with Gasteiger partial charge in [0, 0.05) is 15.8 Å². The van der Waals surface area contributed by atoms with E-state index in [4.69, 9.17) is 33.4 Å². The molecule has 1 atom stereocenters. The normalized spacial score (nSPS) is 12.9. The standard InChI is InChI=1S/C14H17Cl2N3OS/c1-8(2)5-12(17)13-18-19-14(20-13)21-7-9-3-4-10(15)6-11(9)16/h3-4,6,8,12H,5,7,17H2,1-2H3/t12-/m1/s1. The lowest BCUT2D eigenvalue weighted by molar-refractivity contribution is 0.361. The summed E-state index contributed by atoms with van der Waals surface area (Å²) in [5.74, 6) is 1.60. The average molecular weight is 346 g/mol. The van der Waals surface area contributed by atoms with Gasteiger partial charge in [0.25, 0.3) is 5.22 Å². The molecule has 7 heteroatoms. The molecule has 1 aromatic carbocycles. The van der Waals surface area contributed by atoms with Crippen LogP contribution >= 0.6 is 35.0 Å². The van der Waals surface area contributed by atoms with Crippen LogP contribution < -0.4 is 5.73 Å². The van der Waals surface area contributed by atoms with Gasteiger partial charge in [-0.1, -0.05) is 54.9 Å². The van der Waals surface area contributed by atoms with E-state index >= 15 is 0 Å². The Bertz CT molecular complexity index is 604. The summed E-state index contributed by atoms with van der Waals surface area (Å²) in [6, 6.07) is 5.20. The molecule has 2 rings (SSSR count). The molecule has 0 amide bonds. The SMILES string of the molecule is CC(C)C[C@@H](N)c1nnc(SCc2ccc(Cl)cc2Cl)o1. The molecule has 2 N–H and O–H groups in total. The molecule has 0 fully saturated rings. The quantitative estimate of drug-likeness (QED) is 0.767. The fourth-order valence-electron chi connectivity index (χ4n) is 1.82. The van der Waals surface area contributed by atoms with Crippen molar-refractivity contribution in [1.82, 2.24) is 10.2 Å². The molecule has 21 heavy (non-hydrogen) atoms. The lowest BCUT2D eigenvalue weighted by Gasteiger charge is -2.08. The van der Waals surface area contributed by atoms with Gasteiger partial charge < -0.3 is 10.2 Å². The van der Waals surface area contributed by atoms with E-state index in [1.54, 1.807) is 12.1 Å². The fraction of sp³-hybridized carbons (Fsp3) is 0.429. The highest BCUT2D eigenvalue weighted by atomic mass is 35.5. The third kappa shape index (κ3) is 4.88. The topological polar surface area (TPSA) is 64.9 Å². The number of aromatic nitrogens is 2. The van der Waals surface area contributed by atoms with Gasteiger partial charge in [-0.05, 0) is 30.0 Å². The van der Waals surface area contributed by atoms with Gasteiger partial charge in [0.2, 0.25) is 5.89 Å². The van der Waals surface area contributed by atoms with Crippen LogP contribution in [0.5, 0.6) is 0 Å². The zero-order valence-corrected chi connectivity index (χ0v) is 14.2. The van der Waals surface area contributed by atoms with Crippen molar-refractivity contribution in [3.8, 4) is 0 Å². The maximum absolute atomic E-state index is 6.12. The molecule has 114 valence electrons. The van der Waals surface area contributed by atoms with Crippen molar-refractivity contribution >= 4 is 35.0 Å². The minimum absolute atomic E-state index is 0.217. The number of hydrogen-bond acceptors (Lipinski definition) is 5. The van der Waals surface area contributed by atoms with Crippen molar-refractivity contribution in [2.75, 3.05) is 0 Å². The minimum Gasteiger partial charge on any atom is -0.414 e. The highest BCUT2D eigenvalue weighted by Crippen LogP contribution is 2.29. The predicted molar refractivity (Wildman–Crippen MR) is 86.7 cm³/mol. The summed E-state index contributed by atoms with van der Waals surface area (Å²) in [6.07, 6.45) is 0.815. The van der Waals surface area contributed by atoms with E-state index in [9.17, 15) is 0 Å². The van der Waals surface area contributed by atoms with E-state index in [0.29, 0.717) is 32.8 Å². The van der Waals surface area contributed by atoms with E-state index in [1.165, 1.54) is 11.8 Å². The van der Waals surface area contributed by atoms with E-state index in [1.807, 2.05) is 6.07 Å². The van der Waals surface area contributed by atoms with Gasteiger partial charge >= 0.3 is 0 Å². The van der Waals surface area contributed by atoms with Crippen molar-refractivity contribution in [2.24, 2.45) is 11.7 Å². The number of halogens is 2. The second-order valence-electron chi connectivity index (χ2n) is 5.17. The van der Waals surface area contributed by atoms with Crippen LogP contribution in [0.4, 0.5) is 0 Å². The molecule has 0 aliphatic carbocycles. The highest BCUT2D eigenvalue weighted by Gasteiger charge is 2.16. The van der Waals surface area contributed by atoms with Crippen molar-refractivity contribution in [3.63, 3.8) is 0 Å². The highest BCUT2D eigenvalue weighted by molar-refractivity contribution is 7.98. The molecular formula is C14H17Cl2N3OS. The van der Waals surface area contributed by atoms with E-state index < -0.39 is 0 Å². The monoisotopic (exact) mass is 345 g/mol. The zero-order valence-electron chi connectivity index (χ0n) is 11.8. The van der Waals surface area contributed by atoms with E-state index in [-0.39, 0.29) is 6.04 Å². The van der Waals surface area contributed by atoms with Crippen molar-refractivity contribution in [1.29, 1.82) is 0 Å². The van der Waals surface area contributed by atoms with Crippen LogP contribution in [-0.2, 0) is 5.75 Å². The Kier molecular flexibility index (Phi) is 5.93. The van der Waals surface area contributed by atoms with Crippen molar-refractivity contribution in [2.45, 2.75) is 37.3 Å². The van der Waals surface area contributed by atoms with Gasteiger partial charge in [0.05, 0.1) is 6.04 Å². The Hall–Kier alpha value is -0.750. The Morgan fingerprint density at radius 3 is 2.71 bits per heavy atom. The van der Waals surface area contributed by atoms with Gasteiger partial charge in [0.15, 0.2) is 0 Å². The first-order chi connectivity index (χ1) is 9.95. The second kappa shape index (κ2) is 7.49. The summed E-state index contributed by atoms with van der Waals surface area (Å²) in [5.41, 5.74) is 6.99. The molecule has 0 aliphatic heterocycles. The molecule has 0 bridgehead atoms. The maximum atomic E-state index is 6.12. The Morgan fingerprint density at radius 2 is 2.05 bits per heavy atom. The summed E-state index contributed by atoms with van der Waals surface area (Å²) in [5, 5.41) is 9.75. The molecular weight excluding hydrogens is 329 g/mol. The predicted octanol–water partition coefficient (Wildman–Crippen LogP) is 4.71. The third-order valence-corrected chi connectivity index (χ3v) is 4.29. The van der Waals surface area contributed by atoms with Crippen LogP contribution in [0.15, 0.2) is 27.8 Å². The molecule has 0 spiro atoms. The van der Waals surface area contributed by atoms with Gasteiger partial charge in [-0.3, -0.25) is 0 Å². The van der Waals surface area contributed by atoms with Crippen LogP contribution in [0.1, 0.15) is 37.8 Å². The van der Waals surface area contributed by atoms with Crippen LogP contribution in [0.25, 0.3) is 0 Å².